The molecule has 1 aromatic rings. The van der Waals surface area contributed by atoms with Gasteiger partial charge in [0.05, 0.1) is 10.7 Å². The lowest BCUT2D eigenvalue weighted by Crippen LogP contribution is -2.42. The summed E-state index contributed by atoms with van der Waals surface area (Å²) in [5, 5.41) is 2.97. The number of carbonyl (C=O) groups excluding carboxylic acids is 1. The Hall–Kier alpha value is -0.940. The van der Waals surface area contributed by atoms with E-state index in [0.717, 1.165) is 25.3 Å². The Morgan fingerprint density at radius 1 is 1.60 bits per heavy atom. The van der Waals surface area contributed by atoms with Crippen LogP contribution in [0.25, 0.3) is 0 Å². The number of rotatable bonds is 3. The maximum atomic E-state index is 13.0. The van der Waals surface area contributed by atoms with Crippen LogP contribution in [0.1, 0.15) is 12.8 Å². The van der Waals surface area contributed by atoms with Crippen molar-refractivity contribution in [1.82, 2.24) is 4.90 Å². The predicted octanol–water partition coefficient (Wildman–Crippen LogP) is 4.09. The average Bonchev–Trinajstić information content (AvgIpc) is 2.42. The first-order valence-electron chi connectivity index (χ1n) is 6.60. The molecule has 1 heterocycles. The van der Waals surface area contributed by atoms with Gasteiger partial charge in [-0.15, -0.1) is 0 Å². The molecule has 1 aliphatic heterocycles. The third kappa shape index (κ3) is 4.03. The molecule has 2 rings (SSSR count). The number of likely N-dealkylation sites (tertiary alicyclic amines) is 1. The Bertz CT molecular complexity index is 484. The molecule has 1 fully saturated rings. The van der Waals surface area contributed by atoms with E-state index in [1.54, 1.807) is 0 Å². The van der Waals surface area contributed by atoms with Crippen LogP contribution < -0.4 is 5.32 Å². The van der Waals surface area contributed by atoms with Gasteiger partial charge in [-0.2, -0.15) is 11.8 Å². The summed E-state index contributed by atoms with van der Waals surface area (Å²) < 4.78 is 13.0. The van der Waals surface area contributed by atoms with E-state index in [-0.39, 0.29) is 11.1 Å². The SMILES string of the molecule is CSC[C@H]1CCCN(C(=O)Nc2ccc(F)cc2Cl)C1. The lowest BCUT2D eigenvalue weighted by atomic mass is 10.0. The van der Waals surface area contributed by atoms with Gasteiger partial charge in [-0.3, -0.25) is 0 Å². The number of carbonyl (C=O) groups is 1. The molecule has 0 spiro atoms. The molecule has 0 radical (unpaired) electrons. The van der Waals surface area contributed by atoms with E-state index in [1.807, 2.05) is 16.7 Å². The van der Waals surface area contributed by atoms with E-state index in [1.165, 1.54) is 24.6 Å². The monoisotopic (exact) mass is 316 g/mol. The fraction of sp³-hybridized carbons (Fsp3) is 0.500. The van der Waals surface area contributed by atoms with E-state index in [9.17, 15) is 9.18 Å². The van der Waals surface area contributed by atoms with E-state index < -0.39 is 5.82 Å². The van der Waals surface area contributed by atoms with Crippen molar-refractivity contribution in [3.63, 3.8) is 0 Å². The summed E-state index contributed by atoms with van der Waals surface area (Å²) in [7, 11) is 0. The number of halogens is 2. The van der Waals surface area contributed by atoms with Crippen molar-refractivity contribution >= 4 is 35.1 Å². The van der Waals surface area contributed by atoms with Gasteiger partial charge in [0, 0.05) is 13.1 Å². The number of nitrogens with one attached hydrogen (secondary N) is 1. The Balaban J connectivity index is 1.97. The van der Waals surface area contributed by atoms with Crippen LogP contribution in [0.15, 0.2) is 18.2 Å². The molecule has 1 N–H and O–H groups in total. The van der Waals surface area contributed by atoms with Crippen LogP contribution in [0.5, 0.6) is 0 Å². The van der Waals surface area contributed by atoms with Gasteiger partial charge in [-0.1, -0.05) is 11.6 Å². The van der Waals surface area contributed by atoms with Crippen LogP contribution in [0.2, 0.25) is 5.02 Å². The maximum absolute atomic E-state index is 13.0. The molecular formula is C14H18ClFN2OS. The average molecular weight is 317 g/mol. The van der Waals surface area contributed by atoms with Crippen LogP contribution in [0, 0.1) is 11.7 Å². The standard InChI is InChI=1S/C14H18ClFN2OS/c1-20-9-10-3-2-6-18(8-10)14(19)17-13-5-4-11(16)7-12(13)15/h4-5,7,10H,2-3,6,8-9H2,1H3,(H,17,19)/t10-/m0/s1. The summed E-state index contributed by atoms with van der Waals surface area (Å²) >= 11 is 7.72. The van der Waals surface area contributed by atoms with Gasteiger partial charge < -0.3 is 10.2 Å². The molecule has 2 amide bonds. The first-order valence-corrected chi connectivity index (χ1v) is 8.37. The quantitative estimate of drug-likeness (QED) is 0.911. The molecule has 6 heteroatoms. The van der Waals surface area contributed by atoms with Gasteiger partial charge in [0.2, 0.25) is 0 Å². The second-order valence-corrected chi connectivity index (χ2v) is 6.28. The number of piperidine rings is 1. The second-order valence-electron chi connectivity index (χ2n) is 4.96. The van der Waals surface area contributed by atoms with Crippen molar-refractivity contribution in [1.29, 1.82) is 0 Å². The molecule has 1 aliphatic rings. The molecule has 110 valence electrons. The molecule has 1 aromatic carbocycles. The van der Waals surface area contributed by atoms with Crippen molar-refractivity contribution in [2.24, 2.45) is 5.92 Å². The first kappa shape index (κ1) is 15.4. The van der Waals surface area contributed by atoms with Gasteiger partial charge in [0.15, 0.2) is 0 Å². The molecule has 0 saturated carbocycles. The second kappa shape index (κ2) is 7.18. The molecule has 3 nitrogen and oxygen atoms in total. The number of urea groups is 1. The van der Waals surface area contributed by atoms with Crippen LogP contribution in [0.4, 0.5) is 14.9 Å². The van der Waals surface area contributed by atoms with E-state index in [2.05, 4.69) is 11.6 Å². The largest absolute Gasteiger partial charge is 0.324 e. The van der Waals surface area contributed by atoms with Gasteiger partial charge in [-0.25, -0.2) is 9.18 Å². The first-order chi connectivity index (χ1) is 9.60. The smallest absolute Gasteiger partial charge is 0.321 e. The topological polar surface area (TPSA) is 32.3 Å². The van der Waals surface area contributed by atoms with E-state index >= 15 is 0 Å². The fourth-order valence-electron chi connectivity index (χ4n) is 2.41. The highest BCUT2D eigenvalue weighted by Gasteiger charge is 2.23. The summed E-state index contributed by atoms with van der Waals surface area (Å²) in [6, 6.07) is 3.81. The summed E-state index contributed by atoms with van der Waals surface area (Å²) in [5.74, 6) is 1.21. The van der Waals surface area contributed by atoms with E-state index in [0.29, 0.717) is 11.6 Å². The number of hydrogen-bond acceptors (Lipinski definition) is 2. The minimum Gasteiger partial charge on any atom is -0.324 e. The van der Waals surface area contributed by atoms with Crippen molar-refractivity contribution in [3.8, 4) is 0 Å². The molecule has 0 aromatic heterocycles. The highest BCUT2D eigenvalue weighted by atomic mass is 35.5. The Kier molecular flexibility index (Phi) is 5.54. The van der Waals surface area contributed by atoms with Crippen molar-refractivity contribution in [2.45, 2.75) is 12.8 Å². The van der Waals surface area contributed by atoms with Gasteiger partial charge in [0.25, 0.3) is 0 Å². The summed E-state index contributed by atoms with van der Waals surface area (Å²) in [6.45, 7) is 1.53. The molecule has 20 heavy (non-hydrogen) atoms. The molecule has 1 atom stereocenters. The molecule has 0 unspecified atom stereocenters. The molecule has 1 saturated heterocycles. The minimum atomic E-state index is -0.411. The van der Waals surface area contributed by atoms with Gasteiger partial charge in [0.1, 0.15) is 5.82 Å². The maximum Gasteiger partial charge on any atom is 0.321 e. The Labute approximate surface area is 127 Å². The van der Waals surface area contributed by atoms with E-state index in [4.69, 9.17) is 11.6 Å². The zero-order chi connectivity index (χ0) is 14.5. The van der Waals surface area contributed by atoms with Crippen molar-refractivity contribution < 1.29 is 9.18 Å². The van der Waals surface area contributed by atoms with Crippen LogP contribution in [-0.2, 0) is 0 Å². The Morgan fingerprint density at radius 3 is 3.10 bits per heavy atom. The number of anilines is 1. The summed E-state index contributed by atoms with van der Waals surface area (Å²) in [4.78, 5) is 14.0. The van der Waals surface area contributed by atoms with Crippen molar-refractivity contribution in [2.75, 3.05) is 30.4 Å². The fourth-order valence-corrected chi connectivity index (χ4v) is 3.36. The minimum absolute atomic E-state index is 0.163. The number of amides is 2. The summed E-state index contributed by atoms with van der Waals surface area (Å²) in [5.41, 5.74) is 0.449. The Morgan fingerprint density at radius 2 is 2.40 bits per heavy atom. The van der Waals surface area contributed by atoms with Crippen LogP contribution in [-0.4, -0.2) is 36.0 Å². The molecular weight excluding hydrogens is 299 g/mol. The molecule has 0 bridgehead atoms. The van der Waals surface area contributed by atoms with Gasteiger partial charge >= 0.3 is 6.03 Å². The lowest BCUT2D eigenvalue weighted by Gasteiger charge is -2.32. The number of nitrogens with zero attached hydrogens (tertiary/aromatic N) is 1. The normalized spacial score (nSPS) is 18.9. The van der Waals surface area contributed by atoms with Crippen LogP contribution >= 0.6 is 23.4 Å². The lowest BCUT2D eigenvalue weighted by molar-refractivity contribution is 0.183. The number of benzene rings is 1. The molecule has 0 aliphatic carbocycles. The number of thioether (sulfide) groups is 1. The third-order valence-corrected chi connectivity index (χ3v) is 4.50. The van der Waals surface area contributed by atoms with Crippen LogP contribution in [0.3, 0.4) is 0 Å². The predicted molar refractivity (Wildman–Crippen MR) is 83.1 cm³/mol. The summed E-state index contributed by atoms with van der Waals surface area (Å²) in [6.07, 6.45) is 4.27. The van der Waals surface area contributed by atoms with Crippen molar-refractivity contribution in [3.05, 3.63) is 29.0 Å². The zero-order valence-corrected chi connectivity index (χ0v) is 12.9. The number of hydrogen-bond donors (Lipinski definition) is 1. The third-order valence-electron chi connectivity index (χ3n) is 3.38. The highest BCUT2D eigenvalue weighted by Crippen LogP contribution is 2.24. The van der Waals surface area contributed by atoms with Gasteiger partial charge in [-0.05, 0) is 49.0 Å². The highest BCUT2D eigenvalue weighted by molar-refractivity contribution is 7.98. The zero-order valence-electron chi connectivity index (χ0n) is 11.4.